The minimum Gasteiger partial charge on any atom is -0.507 e. The number of amides is 1. The van der Waals surface area contributed by atoms with E-state index < -0.39 is 5.91 Å². The molecule has 116 valence electrons. The molecule has 0 radical (unpaired) electrons. The lowest BCUT2D eigenvalue weighted by Gasteiger charge is -2.11. The Morgan fingerprint density at radius 2 is 1.73 bits per heavy atom. The van der Waals surface area contributed by atoms with Gasteiger partial charge in [0.1, 0.15) is 17.2 Å². The summed E-state index contributed by atoms with van der Waals surface area (Å²) in [6.45, 7) is 3.89. The van der Waals surface area contributed by atoms with Gasteiger partial charge in [0.25, 0.3) is 5.91 Å². The van der Waals surface area contributed by atoms with Gasteiger partial charge in [-0.2, -0.15) is 0 Å². The quantitative estimate of drug-likeness (QED) is 0.887. The van der Waals surface area contributed by atoms with Crippen LogP contribution in [-0.4, -0.2) is 24.2 Å². The zero-order valence-corrected chi connectivity index (χ0v) is 12.8. The van der Waals surface area contributed by atoms with E-state index in [2.05, 4.69) is 5.32 Å². The van der Waals surface area contributed by atoms with E-state index in [1.807, 2.05) is 13.8 Å². The van der Waals surface area contributed by atoms with Crippen molar-refractivity contribution in [1.29, 1.82) is 0 Å². The molecule has 0 saturated carbocycles. The first kappa shape index (κ1) is 15.7. The van der Waals surface area contributed by atoms with Crippen molar-refractivity contribution in [3.8, 4) is 17.2 Å². The zero-order valence-electron chi connectivity index (χ0n) is 12.8. The summed E-state index contributed by atoms with van der Waals surface area (Å²) in [6.07, 6.45) is 0.0942. The van der Waals surface area contributed by atoms with Crippen molar-refractivity contribution in [3.63, 3.8) is 0 Å². The lowest BCUT2D eigenvalue weighted by Crippen LogP contribution is -2.12. The van der Waals surface area contributed by atoms with Crippen LogP contribution in [0.4, 0.5) is 5.69 Å². The molecule has 0 aliphatic carbocycles. The van der Waals surface area contributed by atoms with Crippen molar-refractivity contribution >= 4 is 11.6 Å². The lowest BCUT2D eigenvalue weighted by atomic mass is 10.1. The number of benzene rings is 2. The molecule has 0 bridgehead atoms. The highest BCUT2D eigenvalue weighted by Gasteiger charge is 2.12. The Kier molecular flexibility index (Phi) is 4.88. The second-order valence-corrected chi connectivity index (χ2v) is 5.03. The fourth-order valence-corrected chi connectivity index (χ4v) is 1.92. The number of hydrogen-bond acceptors (Lipinski definition) is 4. The average molecular weight is 301 g/mol. The van der Waals surface area contributed by atoms with Gasteiger partial charge in [-0.25, -0.2) is 0 Å². The molecule has 0 aliphatic heterocycles. The van der Waals surface area contributed by atoms with E-state index in [1.165, 1.54) is 19.2 Å². The third kappa shape index (κ3) is 3.91. The van der Waals surface area contributed by atoms with Crippen molar-refractivity contribution < 1.29 is 19.4 Å². The number of carbonyl (C=O) groups excluding carboxylic acids is 1. The maximum absolute atomic E-state index is 12.2. The number of anilines is 1. The van der Waals surface area contributed by atoms with Crippen LogP contribution < -0.4 is 14.8 Å². The van der Waals surface area contributed by atoms with Gasteiger partial charge in [0.15, 0.2) is 0 Å². The van der Waals surface area contributed by atoms with E-state index in [9.17, 15) is 9.90 Å². The minimum atomic E-state index is -0.391. The molecule has 1 amide bonds. The Morgan fingerprint density at radius 1 is 1.09 bits per heavy atom. The maximum atomic E-state index is 12.2. The number of phenols is 1. The van der Waals surface area contributed by atoms with Crippen LogP contribution in [0.2, 0.25) is 0 Å². The van der Waals surface area contributed by atoms with Crippen molar-refractivity contribution in [2.24, 2.45) is 0 Å². The number of methoxy groups -OCH3 is 1. The number of nitrogens with one attached hydrogen (secondary N) is 1. The minimum absolute atomic E-state index is 0.0942. The molecule has 0 unspecified atom stereocenters. The molecule has 2 N–H and O–H groups in total. The molecular weight excluding hydrogens is 282 g/mol. The standard InChI is InChI=1S/C17H19NO4/c1-11(2)22-13-6-4-12(5-7-13)18-17(20)15-9-8-14(21-3)10-16(15)19/h4-11,19H,1-3H3,(H,18,20). The summed E-state index contributed by atoms with van der Waals surface area (Å²) in [4.78, 5) is 12.2. The van der Waals surface area contributed by atoms with Crippen molar-refractivity contribution in [2.45, 2.75) is 20.0 Å². The molecule has 0 aliphatic rings. The Balaban J connectivity index is 2.08. The Bertz CT molecular complexity index is 650. The first-order chi connectivity index (χ1) is 10.5. The summed E-state index contributed by atoms with van der Waals surface area (Å²) < 4.78 is 10.5. The molecule has 0 fully saturated rings. The fraction of sp³-hybridized carbons (Fsp3) is 0.235. The third-order valence-electron chi connectivity index (χ3n) is 2.93. The van der Waals surface area contributed by atoms with E-state index in [1.54, 1.807) is 30.3 Å². The molecule has 5 nitrogen and oxygen atoms in total. The summed E-state index contributed by atoms with van der Waals surface area (Å²) in [5.74, 6) is 0.707. The van der Waals surface area contributed by atoms with Crippen LogP contribution in [-0.2, 0) is 0 Å². The smallest absolute Gasteiger partial charge is 0.259 e. The van der Waals surface area contributed by atoms with Crippen LogP contribution in [0.1, 0.15) is 24.2 Å². The van der Waals surface area contributed by atoms with Crippen molar-refractivity contribution in [1.82, 2.24) is 0 Å². The van der Waals surface area contributed by atoms with Crippen molar-refractivity contribution in [3.05, 3.63) is 48.0 Å². The fourth-order valence-electron chi connectivity index (χ4n) is 1.92. The highest BCUT2D eigenvalue weighted by Crippen LogP contribution is 2.24. The summed E-state index contributed by atoms with van der Waals surface area (Å²) in [5.41, 5.74) is 0.805. The largest absolute Gasteiger partial charge is 0.507 e. The Morgan fingerprint density at radius 3 is 2.27 bits per heavy atom. The highest BCUT2D eigenvalue weighted by molar-refractivity contribution is 6.06. The van der Waals surface area contributed by atoms with Gasteiger partial charge < -0.3 is 19.9 Å². The monoisotopic (exact) mass is 301 g/mol. The first-order valence-electron chi connectivity index (χ1n) is 6.94. The predicted octanol–water partition coefficient (Wildman–Crippen LogP) is 3.44. The zero-order chi connectivity index (χ0) is 16.1. The van der Waals surface area contributed by atoms with Crippen LogP contribution in [0, 0.1) is 0 Å². The lowest BCUT2D eigenvalue weighted by molar-refractivity contribution is 0.102. The summed E-state index contributed by atoms with van der Waals surface area (Å²) in [6, 6.07) is 11.6. The SMILES string of the molecule is COc1ccc(C(=O)Nc2ccc(OC(C)C)cc2)c(O)c1. The summed E-state index contributed by atoms with van der Waals surface area (Å²) >= 11 is 0. The predicted molar refractivity (Wildman–Crippen MR) is 84.8 cm³/mol. The van der Waals surface area contributed by atoms with Gasteiger partial charge in [-0.3, -0.25) is 4.79 Å². The van der Waals surface area contributed by atoms with Gasteiger partial charge in [-0.05, 0) is 50.2 Å². The highest BCUT2D eigenvalue weighted by atomic mass is 16.5. The molecule has 22 heavy (non-hydrogen) atoms. The van der Waals surface area contributed by atoms with Crippen LogP contribution in [0.5, 0.6) is 17.2 Å². The van der Waals surface area contributed by atoms with E-state index in [-0.39, 0.29) is 17.4 Å². The molecule has 2 aromatic rings. The molecule has 0 aromatic heterocycles. The molecule has 2 aromatic carbocycles. The summed E-state index contributed by atoms with van der Waals surface area (Å²) in [5, 5.41) is 12.6. The molecule has 0 atom stereocenters. The number of carbonyl (C=O) groups is 1. The third-order valence-corrected chi connectivity index (χ3v) is 2.93. The number of ether oxygens (including phenoxy) is 2. The van der Waals surface area contributed by atoms with Crippen LogP contribution in [0.25, 0.3) is 0 Å². The number of phenolic OH excluding ortho intramolecular Hbond substituents is 1. The second-order valence-electron chi connectivity index (χ2n) is 5.03. The first-order valence-corrected chi connectivity index (χ1v) is 6.94. The molecule has 5 heteroatoms. The van der Waals surface area contributed by atoms with Gasteiger partial charge in [0.05, 0.1) is 18.8 Å². The number of rotatable bonds is 5. The number of aromatic hydroxyl groups is 1. The summed E-state index contributed by atoms with van der Waals surface area (Å²) in [7, 11) is 1.50. The van der Waals surface area contributed by atoms with E-state index in [0.29, 0.717) is 11.4 Å². The molecule has 2 rings (SSSR count). The Labute approximate surface area is 129 Å². The van der Waals surface area contributed by atoms with Crippen molar-refractivity contribution in [2.75, 3.05) is 12.4 Å². The second kappa shape index (κ2) is 6.85. The molecule has 0 saturated heterocycles. The molecule has 0 heterocycles. The number of hydrogen-bond donors (Lipinski definition) is 2. The maximum Gasteiger partial charge on any atom is 0.259 e. The van der Waals surface area contributed by atoms with E-state index in [4.69, 9.17) is 9.47 Å². The van der Waals surface area contributed by atoms with Gasteiger partial charge >= 0.3 is 0 Å². The normalized spacial score (nSPS) is 10.4. The van der Waals surface area contributed by atoms with E-state index in [0.717, 1.165) is 5.75 Å². The van der Waals surface area contributed by atoms with Crippen LogP contribution in [0.3, 0.4) is 0 Å². The van der Waals surface area contributed by atoms with Gasteiger partial charge in [-0.15, -0.1) is 0 Å². The molecular formula is C17H19NO4. The van der Waals surface area contributed by atoms with Gasteiger partial charge in [-0.1, -0.05) is 0 Å². The average Bonchev–Trinajstić information content (AvgIpc) is 2.48. The van der Waals surface area contributed by atoms with Gasteiger partial charge in [0.2, 0.25) is 0 Å². The molecule has 0 spiro atoms. The van der Waals surface area contributed by atoms with Crippen LogP contribution >= 0.6 is 0 Å². The van der Waals surface area contributed by atoms with Gasteiger partial charge in [0, 0.05) is 11.8 Å². The van der Waals surface area contributed by atoms with E-state index >= 15 is 0 Å². The topological polar surface area (TPSA) is 67.8 Å². The Hall–Kier alpha value is -2.69. The van der Waals surface area contributed by atoms with Crippen LogP contribution in [0.15, 0.2) is 42.5 Å².